The van der Waals surface area contributed by atoms with Gasteiger partial charge in [0.05, 0.1) is 71.0 Å². The Morgan fingerprint density at radius 3 is 1.41 bits per heavy atom. The predicted molar refractivity (Wildman–Crippen MR) is 313 cm³/mol. The molecule has 6 aromatic heterocycles. The quantitative estimate of drug-likeness (QED) is 0.0879. The number of nitrogens with zero attached hydrogens (tertiary/aromatic N) is 12. The number of nitrogen functional groups attached to an aromatic ring is 1. The first kappa shape index (κ1) is 57.4. The first-order chi connectivity index (χ1) is 40.8. The summed E-state index contributed by atoms with van der Waals surface area (Å²) < 4.78 is 75.9. The van der Waals surface area contributed by atoms with Crippen LogP contribution in [0.25, 0.3) is 44.1 Å². The molecule has 12 rings (SSSR count). The Hall–Kier alpha value is -9.43. The number of morpholine rings is 2. The summed E-state index contributed by atoms with van der Waals surface area (Å²) >= 11 is 0. The van der Waals surface area contributed by atoms with Gasteiger partial charge in [0, 0.05) is 159 Å². The Balaban J connectivity index is 0.000000179. The third-order valence-corrected chi connectivity index (χ3v) is 14.6. The van der Waals surface area contributed by atoms with Gasteiger partial charge < -0.3 is 40.4 Å². The number of halogens is 4. The molecule has 3 amide bonds. The van der Waals surface area contributed by atoms with Crippen LogP contribution in [0.3, 0.4) is 0 Å². The van der Waals surface area contributed by atoms with Crippen LogP contribution >= 0.6 is 0 Å². The molecular formula is C59H60F4N16O6. The van der Waals surface area contributed by atoms with Crippen molar-refractivity contribution in [3.8, 4) is 22.3 Å². The van der Waals surface area contributed by atoms with Crippen molar-refractivity contribution < 1.29 is 46.2 Å². The van der Waals surface area contributed by atoms with Crippen LogP contribution in [0.2, 0.25) is 0 Å². The van der Waals surface area contributed by atoms with E-state index in [0.29, 0.717) is 171 Å². The molecule has 5 N–H and O–H groups in total. The number of amides is 3. The molecule has 26 heteroatoms. The van der Waals surface area contributed by atoms with Crippen molar-refractivity contribution in [2.24, 2.45) is 0 Å². The molecule has 0 unspecified atom stereocenters. The van der Waals surface area contributed by atoms with Crippen molar-refractivity contribution in [3.63, 3.8) is 0 Å². The number of ether oxygens (including phenoxy) is 3. The van der Waals surface area contributed by atoms with E-state index in [-0.39, 0.29) is 45.5 Å². The molecule has 4 saturated heterocycles. The molecule has 0 atom stereocenters. The Morgan fingerprint density at radius 1 is 0.588 bits per heavy atom. The van der Waals surface area contributed by atoms with Crippen molar-refractivity contribution in [3.05, 3.63) is 108 Å². The van der Waals surface area contributed by atoms with E-state index >= 15 is 8.78 Å². The summed E-state index contributed by atoms with van der Waals surface area (Å²) in [6, 6.07) is 7.67. The maximum atomic E-state index is 15.5. The zero-order valence-corrected chi connectivity index (χ0v) is 47.2. The fraction of sp³-hybridized carbons (Fsp3) is 0.339. The molecule has 0 spiro atoms. The van der Waals surface area contributed by atoms with Gasteiger partial charge in [-0.1, -0.05) is 0 Å². The van der Waals surface area contributed by atoms with E-state index < -0.39 is 35.0 Å². The molecule has 8 aromatic rings. The summed E-state index contributed by atoms with van der Waals surface area (Å²) in [7, 11) is 0. The van der Waals surface area contributed by atoms with Crippen LogP contribution in [0.15, 0.2) is 73.6 Å². The van der Waals surface area contributed by atoms with Gasteiger partial charge in [0.25, 0.3) is 0 Å². The number of hydrogen-bond acceptors (Lipinski definition) is 19. The highest BCUT2D eigenvalue weighted by atomic mass is 19.1. The number of hydrogen-bond donors (Lipinski definition) is 4. The van der Waals surface area contributed by atoms with Crippen molar-refractivity contribution in [2.75, 3.05) is 107 Å². The van der Waals surface area contributed by atoms with Gasteiger partial charge in [-0.25, -0.2) is 62.2 Å². The second-order valence-electron chi connectivity index (χ2n) is 21.6. The van der Waals surface area contributed by atoms with Crippen molar-refractivity contribution >= 4 is 97.6 Å². The van der Waals surface area contributed by atoms with Crippen LogP contribution in [0, 0.1) is 37.1 Å². The number of aromatic nitrogens is 8. The lowest BCUT2D eigenvalue weighted by atomic mass is 10.0. The number of benzene rings is 2. The Bertz CT molecular complexity index is 3880. The number of carbonyl (C=O) groups is 3. The van der Waals surface area contributed by atoms with E-state index in [1.807, 2.05) is 12.1 Å². The van der Waals surface area contributed by atoms with Crippen LogP contribution in [-0.2, 0) is 23.8 Å². The molecule has 10 heterocycles. The van der Waals surface area contributed by atoms with E-state index in [9.17, 15) is 23.2 Å². The van der Waals surface area contributed by atoms with E-state index in [1.54, 1.807) is 69.2 Å². The van der Waals surface area contributed by atoms with Crippen LogP contribution in [0.4, 0.5) is 80.3 Å². The van der Waals surface area contributed by atoms with Crippen molar-refractivity contribution in [2.45, 2.75) is 65.9 Å². The minimum atomic E-state index is -0.794. The van der Waals surface area contributed by atoms with Crippen LogP contribution in [0.5, 0.6) is 0 Å². The maximum absolute atomic E-state index is 15.5. The van der Waals surface area contributed by atoms with Crippen LogP contribution < -0.4 is 41.3 Å². The van der Waals surface area contributed by atoms with Crippen molar-refractivity contribution in [1.82, 2.24) is 39.9 Å². The number of fused-ring (bicyclic) bond motifs is 2. The second-order valence-corrected chi connectivity index (χ2v) is 21.6. The standard InChI is InChI=1S/C32H34F2N8O4.C27H26F2N8O2/c1-18-28(27-22(34)12-20(33)13-24(27)39-29(18)42-7-5-6-26(42)43)38-23-14-25(41-8-10-45-11-9-41)35-17-21(23)19-15-36-30(37-16-19)40-31(44)46-32(2,3)4;1-15-25(24-19(29)9-17(28)10-21(24)35-26(15)37-4-2-3-23(37)38)34-20-11-22(36-5-7-39-8-6-36)31-14-18(20)16-12-32-27(30)33-13-16/h12-17H,5-11H2,1-4H3,(H,35,38,39)(H,36,37,40,44);9-14H,2-8H2,1H3,(H2,30,32,33)(H,31,34,35). The number of anilines is 10. The lowest BCUT2D eigenvalue weighted by Crippen LogP contribution is -2.36. The summed E-state index contributed by atoms with van der Waals surface area (Å²) in [5.74, 6) is -1.00. The van der Waals surface area contributed by atoms with Gasteiger partial charge in [0.1, 0.15) is 52.1 Å². The van der Waals surface area contributed by atoms with Gasteiger partial charge >= 0.3 is 6.09 Å². The summed E-state index contributed by atoms with van der Waals surface area (Å²) in [4.78, 5) is 80.1. The highest BCUT2D eigenvalue weighted by molar-refractivity contribution is 6.05. The molecule has 0 saturated carbocycles. The smallest absolute Gasteiger partial charge is 0.414 e. The minimum absolute atomic E-state index is 0.0467. The Labute approximate surface area is 485 Å². The molecule has 85 heavy (non-hydrogen) atoms. The molecule has 22 nitrogen and oxygen atoms in total. The topological polar surface area (TPSA) is 257 Å². The van der Waals surface area contributed by atoms with Crippen LogP contribution in [-0.4, -0.2) is 129 Å². The second kappa shape index (κ2) is 24.0. The zero-order valence-electron chi connectivity index (χ0n) is 47.2. The normalized spacial score (nSPS) is 15.6. The Morgan fingerprint density at radius 2 is 1.01 bits per heavy atom. The van der Waals surface area contributed by atoms with Gasteiger partial charge in [-0.05, 0) is 47.5 Å². The number of pyridine rings is 4. The van der Waals surface area contributed by atoms with E-state index in [2.05, 4.69) is 60.6 Å². The van der Waals surface area contributed by atoms with Gasteiger partial charge in [-0.2, -0.15) is 0 Å². The average Bonchev–Trinajstić information content (AvgIpc) is 2.05. The molecule has 0 bridgehead atoms. The maximum Gasteiger partial charge on any atom is 0.414 e. The van der Waals surface area contributed by atoms with Crippen LogP contribution in [0.1, 0.15) is 57.6 Å². The fourth-order valence-corrected chi connectivity index (χ4v) is 10.5. The summed E-state index contributed by atoms with van der Waals surface area (Å²) in [6.07, 6.45) is 11.0. The van der Waals surface area contributed by atoms with Gasteiger partial charge in [-0.15, -0.1) is 0 Å². The van der Waals surface area contributed by atoms with E-state index in [1.165, 1.54) is 18.5 Å². The molecule has 4 aliphatic rings. The molecular weight excluding hydrogens is 1100 g/mol. The lowest BCUT2D eigenvalue weighted by Gasteiger charge is -2.29. The average molecular weight is 1170 g/mol. The number of carbonyl (C=O) groups excluding carboxylic acids is 3. The highest BCUT2D eigenvalue weighted by Gasteiger charge is 2.31. The molecule has 4 fully saturated rings. The lowest BCUT2D eigenvalue weighted by molar-refractivity contribution is -0.117. The summed E-state index contributed by atoms with van der Waals surface area (Å²) in [5, 5.41) is 9.49. The minimum Gasteiger partial charge on any atom is -0.444 e. The van der Waals surface area contributed by atoms with Gasteiger partial charge in [0.15, 0.2) is 0 Å². The third-order valence-electron chi connectivity index (χ3n) is 14.6. The molecule has 2 aromatic carbocycles. The first-order valence-electron chi connectivity index (χ1n) is 27.6. The highest BCUT2D eigenvalue weighted by Crippen LogP contribution is 2.43. The molecule has 0 radical (unpaired) electrons. The third kappa shape index (κ3) is 12.5. The molecule has 0 aliphatic carbocycles. The number of nitrogens with one attached hydrogen (secondary N) is 3. The predicted octanol–water partition coefficient (Wildman–Crippen LogP) is 9.69. The SMILES string of the molecule is Cc1c(N2CCCC2=O)nc2cc(F)cc(F)c2c1Nc1cc(N2CCOCC2)ncc1-c1cnc(N)nc1.Cc1c(N2CCCC2=O)nc2cc(F)cc(F)c2c1Nc1cc(N2CCOCC2)ncc1-c1cnc(NC(=O)OC(C)(C)C)nc1. The summed E-state index contributed by atoms with van der Waals surface area (Å²) in [5.41, 5.74) is 10.5. The molecule has 440 valence electrons. The van der Waals surface area contributed by atoms with E-state index in [4.69, 9.17) is 24.9 Å². The Kier molecular flexibility index (Phi) is 16.2. The van der Waals surface area contributed by atoms with Gasteiger partial charge in [-0.3, -0.25) is 24.7 Å². The van der Waals surface area contributed by atoms with Gasteiger partial charge in [0.2, 0.25) is 23.7 Å². The molecule has 4 aliphatic heterocycles. The number of rotatable bonds is 11. The number of nitrogens with two attached hydrogens (primary N) is 1. The monoisotopic (exact) mass is 1160 g/mol. The largest absolute Gasteiger partial charge is 0.444 e. The van der Waals surface area contributed by atoms with Crippen molar-refractivity contribution in [1.29, 1.82) is 0 Å². The fourth-order valence-electron chi connectivity index (χ4n) is 10.5. The van der Waals surface area contributed by atoms with E-state index in [0.717, 1.165) is 18.2 Å². The summed E-state index contributed by atoms with van der Waals surface area (Å²) in [6.45, 7) is 14.6. The first-order valence-corrected chi connectivity index (χ1v) is 27.6. The zero-order chi connectivity index (χ0) is 59.7.